The van der Waals surface area contributed by atoms with E-state index in [2.05, 4.69) is 31.0 Å². The van der Waals surface area contributed by atoms with E-state index in [0.717, 1.165) is 13.1 Å². The van der Waals surface area contributed by atoms with Gasteiger partial charge in [-0.2, -0.15) is 0 Å². The Morgan fingerprint density at radius 3 is 2.76 bits per heavy atom. The normalized spacial score (nSPS) is 24.2. The van der Waals surface area contributed by atoms with Crippen LogP contribution in [0.3, 0.4) is 0 Å². The summed E-state index contributed by atoms with van der Waals surface area (Å²) in [6, 6.07) is 1.31. The topological polar surface area (TPSA) is 24.5 Å². The maximum Gasteiger partial charge on any atom is 0.0698 e. The lowest BCUT2D eigenvalue weighted by Gasteiger charge is -2.36. The molecular formula is C14H30N2O. The van der Waals surface area contributed by atoms with Crippen molar-refractivity contribution in [2.24, 2.45) is 0 Å². The van der Waals surface area contributed by atoms with Gasteiger partial charge in [0, 0.05) is 25.7 Å². The van der Waals surface area contributed by atoms with Crippen molar-refractivity contribution >= 4 is 0 Å². The summed E-state index contributed by atoms with van der Waals surface area (Å²) in [6.45, 7) is 10.3. The number of hydrogen-bond acceptors (Lipinski definition) is 3. The molecule has 17 heavy (non-hydrogen) atoms. The van der Waals surface area contributed by atoms with Crippen molar-refractivity contribution in [2.45, 2.75) is 64.6 Å². The Kier molecular flexibility index (Phi) is 7.09. The predicted molar refractivity (Wildman–Crippen MR) is 73.4 cm³/mol. The van der Waals surface area contributed by atoms with Crippen LogP contribution in [0.4, 0.5) is 0 Å². The molecule has 2 atom stereocenters. The quantitative estimate of drug-likeness (QED) is 0.693. The lowest BCUT2D eigenvalue weighted by molar-refractivity contribution is 0.0158. The van der Waals surface area contributed by atoms with Crippen molar-refractivity contribution in [3.63, 3.8) is 0 Å². The summed E-state index contributed by atoms with van der Waals surface area (Å²) < 4.78 is 5.47. The molecule has 0 saturated carbocycles. The zero-order chi connectivity index (χ0) is 12.7. The molecule has 0 amide bonds. The number of nitrogens with one attached hydrogen (secondary N) is 1. The summed E-state index contributed by atoms with van der Waals surface area (Å²) in [4.78, 5) is 2.59. The maximum absolute atomic E-state index is 5.47. The van der Waals surface area contributed by atoms with Crippen molar-refractivity contribution in [3.05, 3.63) is 0 Å². The van der Waals surface area contributed by atoms with E-state index in [1.54, 1.807) is 0 Å². The molecular weight excluding hydrogens is 212 g/mol. The van der Waals surface area contributed by atoms with Crippen LogP contribution in [0.25, 0.3) is 0 Å². The second-order valence-corrected chi connectivity index (χ2v) is 5.59. The standard InChI is InChI=1S/C14H30N2O/c1-12(2)15-9-5-7-13(3)16-10-6-8-14(11-16)17-4/h12-15H,5-11H2,1-4H3. The summed E-state index contributed by atoms with van der Waals surface area (Å²) in [5.74, 6) is 0. The molecule has 0 radical (unpaired) electrons. The molecule has 1 fully saturated rings. The molecule has 0 aliphatic carbocycles. The first-order valence-corrected chi connectivity index (χ1v) is 7.13. The fourth-order valence-corrected chi connectivity index (χ4v) is 2.53. The molecule has 2 unspecified atom stereocenters. The number of nitrogens with zero attached hydrogens (tertiary/aromatic N) is 1. The van der Waals surface area contributed by atoms with Crippen LogP contribution in [0.5, 0.6) is 0 Å². The van der Waals surface area contributed by atoms with E-state index >= 15 is 0 Å². The first kappa shape index (κ1) is 14.9. The van der Waals surface area contributed by atoms with Crippen LogP contribution in [0.15, 0.2) is 0 Å². The Morgan fingerprint density at radius 2 is 2.12 bits per heavy atom. The van der Waals surface area contributed by atoms with Crippen molar-refractivity contribution in [1.82, 2.24) is 10.2 Å². The molecule has 1 heterocycles. The van der Waals surface area contributed by atoms with E-state index in [4.69, 9.17) is 4.74 Å². The van der Waals surface area contributed by atoms with Crippen molar-refractivity contribution in [1.29, 1.82) is 0 Å². The van der Waals surface area contributed by atoms with Gasteiger partial charge in [-0.1, -0.05) is 13.8 Å². The Bertz CT molecular complexity index is 197. The lowest BCUT2D eigenvalue weighted by Crippen LogP contribution is -2.44. The van der Waals surface area contributed by atoms with Crippen LogP contribution in [0.2, 0.25) is 0 Å². The van der Waals surface area contributed by atoms with Gasteiger partial charge in [-0.3, -0.25) is 4.90 Å². The third-order valence-electron chi connectivity index (χ3n) is 3.72. The van der Waals surface area contributed by atoms with E-state index in [0.29, 0.717) is 18.2 Å². The number of ether oxygens (including phenoxy) is 1. The van der Waals surface area contributed by atoms with Gasteiger partial charge < -0.3 is 10.1 Å². The highest BCUT2D eigenvalue weighted by Crippen LogP contribution is 2.17. The number of likely N-dealkylation sites (tertiary alicyclic amines) is 1. The molecule has 0 aromatic rings. The van der Waals surface area contributed by atoms with Crippen LogP contribution in [0.1, 0.15) is 46.5 Å². The van der Waals surface area contributed by atoms with E-state index in [9.17, 15) is 0 Å². The average molecular weight is 242 g/mol. The molecule has 1 aliphatic heterocycles. The Labute approximate surface area is 107 Å². The molecule has 1 rings (SSSR count). The second-order valence-electron chi connectivity index (χ2n) is 5.59. The Morgan fingerprint density at radius 1 is 1.35 bits per heavy atom. The average Bonchev–Trinajstić information content (AvgIpc) is 2.34. The summed E-state index contributed by atoms with van der Waals surface area (Å²) in [5, 5.41) is 3.48. The predicted octanol–water partition coefficient (Wildman–Crippen LogP) is 2.26. The molecule has 102 valence electrons. The molecule has 1 saturated heterocycles. The first-order chi connectivity index (χ1) is 8.13. The number of rotatable bonds is 7. The highest BCUT2D eigenvalue weighted by atomic mass is 16.5. The van der Waals surface area contributed by atoms with Crippen molar-refractivity contribution in [3.8, 4) is 0 Å². The molecule has 1 aliphatic rings. The van der Waals surface area contributed by atoms with Gasteiger partial charge in [0.05, 0.1) is 6.10 Å². The summed E-state index contributed by atoms with van der Waals surface area (Å²) >= 11 is 0. The highest BCUT2D eigenvalue weighted by molar-refractivity contribution is 4.77. The number of piperidine rings is 1. The molecule has 1 N–H and O–H groups in total. The van der Waals surface area contributed by atoms with Gasteiger partial charge in [0.15, 0.2) is 0 Å². The molecule has 0 aromatic heterocycles. The minimum absolute atomic E-state index is 0.458. The Balaban J connectivity index is 2.15. The smallest absolute Gasteiger partial charge is 0.0698 e. The van der Waals surface area contributed by atoms with Crippen LogP contribution in [-0.2, 0) is 4.74 Å². The number of methoxy groups -OCH3 is 1. The van der Waals surface area contributed by atoms with Gasteiger partial charge in [-0.25, -0.2) is 0 Å². The molecule has 3 nitrogen and oxygen atoms in total. The van der Waals surface area contributed by atoms with Crippen LogP contribution in [0, 0.1) is 0 Å². The van der Waals surface area contributed by atoms with Gasteiger partial charge in [0.1, 0.15) is 0 Å². The van der Waals surface area contributed by atoms with E-state index in [1.807, 2.05) is 7.11 Å². The fraction of sp³-hybridized carbons (Fsp3) is 1.00. The zero-order valence-electron chi connectivity index (χ0n) is 12.0. The molecule has 0 bridgehead atoms. The van der Waals surface area contributed by atoms with Crippen LogP contribution in [-0.4, -0.2) is 49.8 Å². The summed E-state index contributed by atoms with van der Waals surface area (Å²) in [6.07, 6.45) is 5.53. The molecule has 0 spiro atoms. The van der Waals surface area contributed by atoms with Crippen molar-refractivity contribution in [2.75, 3.05) is 26.7 Å². The largest absolute Gasteiger partial charge is 0.380 e. The van der Waals surface area contributed by atoms with Crippen LogP contribution < -0.4 is 5.32 Å². The first-order valence-electron chi connectivity index (χ1n) is 7.13. The highest BCUT2D eigenvalue weighted by Gasteiger charge is 2.22. The van der Waals surface area contributed by atoms with Gasteiger partial charge in [0.2, 0.25) is 0 Å². The van der Waals surface area contributed by atoms with Gasteiger partial charge in [0.25, 0.3) is 0 Å². The summed E-state index contributed by atoms with van der Waals surface area (Å²) in [5.41, 5.74) is 0. The third kappa shape index (κ3) is 5.84. The fourth-order valence-electron chi connectivity index (χ4n) is 2.53. The van der Waals surface area contributed by atoms with Gasteiger partial charge in [-0.05, 0) is 45.7 Å². The molecule has 3 heteroatoms. The lowest BCUT2D eigenvalue weighted by atomic mass is 10.0. The number of hydrogen-bond donors (Lipinski definition) is 1. The molecule has 0 aromatic carbocycles. The summed E-state index contributed by atoms with van der Waals surface area (Å²) in [7, 11) is 1.84. The van der Waals surface area contributed by atoms with Crippen molar-refractivity contribution < 1.29 is 4.74 Å². The van der Waals surface area contributed by atoms with Gasteiger partial charge >= 0.3 is 0 Å². The Hall–Kier alpha value is -0.120. The van der Waals surface area contributed by atoms with E-state index in [-0.39, 0.29) is 0 Å². The van der Waals surface area contributed by atoms with E-state index < -0.39 is 0 Å². The van der Waals surface area contributed by atoms with Crippen LogP contribution >= 0.6 is 0 Å². The maximum atomic E-state index is 5.47. The second kappa shape index (κ2) is 8.06. The SMILES string of the molecule is COC1CCCN(C(C)CCCNC(C)C)C1. The third-order valence-corrected chi connectivity index (χ3v) is 3.72. The minimum atomic E-state index is 0.458. The minimum Gasteiger partial charge on any atom is -0.380 e. The monoisotopic (exact) mass is 242 g/mol. The zero-order valence-corrected chi connectivity index (χ0v) is 12.0. The van der Waals surface area contributed by atoms with Gasteiger partial charge in [-0.15, -0.1) is 0 Å². The van der Waals surface area contributed by atoms with E-state index in [1.165, 1.54) is 32.2 Å².